The lowest BCUT2D eigenvalue weighted by Gasteiger charge is -2.31. The van der Waals surface area contributed by atoms with Crippen LogP contribution >= 0.6 is 0 Å². The van der Waals surface area contributed by atoms with Crippen molar-refractivity contribution in [2.45, 2.75) is 31.9 Å². The number of halogens is 5. The third-order valence-electron chi connectivity index (χ3n) is 3.42. The molecule has 2 heterocycles. The Kier molecular flexibility index (Phi) is 3.90. The van der Waals surface area contributed by atoms with Crippen LogP contribution in [0.1, 0.15) is 34.5 Å². The van der Waals surface area contributed by atoms with Gasteiger partial charge in [0.2, 0.25) is 0 Å². The van der Waals surface area contributed by atoms with E-state index in [1.54, 1.807) is 0 Å². The molecule has 1 aliphatic rings. The number of hydrogen-bond donors (Lipinski definition) is 0. The van der Waals surface area contributed by atoms with Crippen LogP contribution in [-0.4, -0.2) is 34.8 Å². The summed E-state index contributed by atoms with van der Waals surface area (Å²) in [4.78, 5) is 16.8. The standard InChI is InChI=1S/C13H13F5N2O/c1-8-10(13(16,17)18)6-9(7-19-8)11(21)20-4-2-12(14,15)3-5-20/h6-7H,2-5H2,1H3. The van der Waals surface area contributed by atoms with Gasteiger partial charge in [-0.3, -0.25) is 9.78 Å². The summed E-state index contributed by atoms with van der Waals surface area (Å²) in [6.07, 6.45) is -4.53. The largest absolute Gasteiger partial charge is 0.418 e. The molecular formula is C13H13F5N2O. The van der Waals surface area contributed by atoms with Gasteiger partial charge in [-0.25, -0.2) is 8.78 Å². The summed E-state index contributed by atoms with van der Waals surface area (Å²) in [5, 5.41) is 0. The molecule has 1 saturated heterocycles. The van der Waals surface area contributed by atoms with E-state index in [1.807, 2.05) is 0 Å². The van der Waals surface area contributed by atoms with Crippen molar-refractivity contribution < 1.29 is 26.7 Å². The fourth-order valence-electron chi connectivity index (χ4n) is 2.16. The minimum absolute atomic E-state index is 0.180. The first-order valence-electron chi connectivity index (χ1n) is 6.31. The number of nitrogens with zero attached hydrogens (tertiary/aromatic N) is 2. The molecule has 2 rings (SSSR count). The molecule has 1 aliphatic heterocycles. The van der Waals surface area contributed by atoms with Gasteiger partial charge in [-0.2, -0.15) is 13.2 Å². The minimum Gasteiger partial charge on any atom is -0.338 e. The Morgan fingerprint density at radius 2 is 1.86 bits per heavy atom. The third kappa shape index (κ3) is 3.48. The lowest BCUT2D eigenvalue weighted by molar-refractivity contribution is -0.138. The zero-order valence-corrected chi connectivity index (χ0v) is 11.2. The number of carbonyl (C=O) groups is 1. The van der Waals surface area contributed by atoms with E-state index < -0.39 is 36.4 Å². The summed E-state index contributed by atoms with van der Waals surface area (Å²) in [7, 11) is 0. The molecule has 0 bridgehead atoms. The first-order valence-corrected chi connectivity index (χ1v) is 6.31. The highest BCUT2D eigenvalue weighted by molar-refractivity contribution is 5.94. The number of aryl methyl sites for hydroxylation is 1. The van der Waals surface area contributed by atoms with Gasteiger partial charge < -0.3 is 4.90 Å². The summed E-state index contributed by atoms with van der Waals surface area (Å²) >= 11 is 0. The van der Waals surface area contributed by atoms with E-state index in [4.69, 9.17) is 0 Å². The summed E-state index contributed by atoms with van der Waals surface area (Å²) in [6, 6.07) is 0.720. The molecule has 1 aromatic heterocycles. The predicted molar refractivity (Wildman–Crippen MR) is 64.1 cm³/mol. The molecule has 0 aromatic carbocycles. The molecule has 0 aliphatic carbocycles. The van der Waals surface area contributed by atoms with Crippen molar-refractivity contribution in [2.75, 3.05) is 13.1 Å². The minimum atomic E-state index is -4.61. The molecule has 1 aromatic rings. The van der Waals surface area contributed by atoms with Crippen molar-refractivity contribution in [3.63, 3.8) is 0 Å². The molecule has 0 atom stereocenters. The van der Waals surface area contributed by atoms with Gasteiger partial charge in [-0.05, 0) is 13.0 Å². The van der Waals surface area contributed by atoms with Gasteiger partial charge in [0, 0.05) is 37.8 Å². The fraction of sp³-hybridized carbons (Fsp3) is 0.538. The quantitative estimate of drug-likeness (QED) is 0.746. The Labute approximate surface area is 117 Å². The molecule has 0 saturated carbocycles. The smallest absolute Gasteiger partial charge is 0.338 e. The molecule has 116 valence electrons. The molecule has 0 spiro atoms. The maximum absolute atomic E-state index is 13.0. The number of aromatic nitrogens is 1. The Balaban J connectivity index is 2.21. The monoisotopic (exact) mass is 308 g/mol. The average Bonchev–Trinajstić information content (AvgIpc) is 2.37. The highest BCUT2D eigenvalue weighted by Gasteiger charge is 2.37. The van der Waals surface area contributed by atoms with Crippen molar-refractivity contribution >= 4 is 5.91 Å². The van der Waals surface area contributed by atoms with Crippen LogP contribution in [-0.2, 0) is 6.18 Å². The Bertz CT molecular complexity index is 546. The maximum atomic E-state index is 13.0. The summed E-state index contributed by atoms with van der Waals surface area (Å²) < 4.78 is 64.4. The molecule has 1 fully saturated rings. The van der Waals surface area contributed by atoms with Crippen LogP contribution in [0.4, 0.5) is 22.0 Å². The maximum Gasteiger partial charge on any atom is 0.418 e. The van der Waals surface area contributed by atoms with E-state index in [0.717, 1.165) is 17.2 Å². The van der Waals surface area contributed by atoms with E-state index in [9.17, 15) is 26.7 Å². The predicted octanol–water partition coefficient (Wildman–Crippen LogP) is 3.28. The number of carbonyl (C=O) groups excluding carboxylic acids is 1. The van der Waals surface area contributed by atoms with Gasteiger partial charge in [0.05, 0.1) is 11.1 Å². The number of alkyl halides is 5. The first-order chi connectivity index (χ1) is 9.60. The molecular weight excluding hydrogens is 295 g/mol. The normalized spacial score (nSPS) is 18.7. The van der Waals surface area contributed by atoms with Gasteiger partial charge >= 0.3 is 6.18 Å². The first kappa shape index (κ1) is 15.7. The zero-order chi connectivity index (χ0) is 15.8. The van der Waals surface area contributed by atoms with E-state index in [1.165, 1.54) is 6.92 Å². The average molecular weight is 308 g/mol. The van der Waals surface area contributed by atoms with Gasteiger partial charge in [0.1, 0.15) is 0 Å². The number of rotatable bonds is 1. The van der Waals surface area contributed by atoms with Gasteiger partial charge in [0.25, 0.3) is 11.8 Å². The Morgan fingerprint density at radius 1 is 1.29 bits per heavy atom. The van der Waals surface area contributed by atoms with Crippen molar-refractivity contribution in [1.82, 2.24) is 9.88 Å². The summed E-state index contributed by atoms with van der Waals surface area (Å²) in [5.74, 6) is -3.53. The van der Waals surface area contributed by atoms with Crippen molar-refractivity contribution in [3.05, 3.63) is 29.1 Å². The molecule has 8 heteroatoms. The highest BCUT2D eigenvalue weighted by atomic mass is 19.4. The molecule has 21 heavy (non-hydrogen) atoms. The number of likely N-dealkylation sites (tertiary alicyclic amines) is 1. The van der Waals surface area contributed by atoms with Gasteiger partial charge in [0.15, 0.2) is 0 Å². The SMILES string of the molecule is Cc1ncc(C(=O)N2CCC(F)(F)CC2)cc1C(F)(F)F. The fourth-order valence-corrected chi connectivity index (χ4v) is 2.16. The van der Waals surface area contributed by atoms with Crippen LogP contribution in [0.3, 0.4) is 0 Å². The molecule has 3 nitrogen and oxygen atoms in total. The van der Waals surface area contributed by atoms with Crippen LogP contribution < -0.4 is 0 Å². The van der Waals surface area contributed by atoms with E-state index >= 15 is 0 Å². The van der Waals surface area contributed by atoms with Gasteiger partial charge in [-0.15, -0.1) is 0 Å². The van der Waals surface area contributed by atoms with Crippen LogP contribution in [0.15, 0.2) is 12.3 Å². The van der Waals surface area contributed by atoms with Crippen molar-refractivity contribution in [3.8, 4) is 0 Å². The second kappa shape index (κ2) is 5.23. The molecule has 0 unspecified atom stereocenters. The highest BCUT2D eigenvalue weighted by Crippen LogP contribution is 2.32. The number of pyridine rings is 1. The van der Waals surface area contributed by atoms with E-state index in [0.29, 0.717) is 0 Å². The topological polar surface area (TPSA) is 33.2 Å². The van der Waals surface area contributed by atoms with Crippen LogP contribution in [0.5, 0.6) is 0 Å². The van der Waals surface area contributed by atoms with Crippen LogP contribution in [0.2, 0.25) is 0 Å². The van der Waals surface area contributed by atoms with Crippen molar-refractivity contribution in [2.24, 2.45) is 0 Å². The summed E-state index contributed by atoms with van der Waals surface area (Å²) in [5.41, 5.74) is -1.46. The third-order valence-corrected chi connectivity index (χ3v) is 3.42. The lowest BCUT2D eigenvalue weighted by atomic mass is 10.0. The summed E-state index contributed by atoms with van der Waals surface area (Å²) in [6.45, 7) is 0.834. The molecule has 1 amide bonds. The Morgan fingerprint density at radius 3 is 2.38 bits per heavy atom. The van der Waals surface area contributed by atoms with E-state index in [-0.39, 0.29) is 24.3 Å². The second-order valence-corrected chi connectivity index (χ2v) is 5.00. The Hall–Kier alpha value is -1.73. The number of hydrogen-bond acceptors (Lipinski definition) is 2. The van der Waals surface area contributed by atoms with E-state index in [2.05, 4.69) is 4.98 Å². The van der Waals surface area contributed by atoms with Crippen LogP contribution in [0.25, 0.3) is 0 Å². The van der Waals surface area contributed by atoms with Gasteiger partial charge in [-0.1, -0.05) is 0 Å². The zero-order valence-electron chi connectivity index (χ0n) is 11.2. The number of amides is 1. The van der Waals surface area contributed by atoms with Crippen molar-refractivity contribution in [1.29, 1.82) is 0 Å². The lowest BCUT2D eigenvalue weighted by Crippen LogP contribution is -2.42. The molecule has 0 radical (unpaired) electrons. The second-order valence-electron chi connectivity index (χ2n) is 5.00. The van der Waals surface area contributed by atoms with Crippen LogP contribution in [0, 0.1) is 6.92 Å². The number of piperidine rings is 1. The molecule has 0 N–H and O–H groups in total.